The fourth-order valence-corrected chi connectivity index (χ4v) is 3.06. The van der Waals surface area contributed by atoms with Gasteiger partial charge >= 0.3 is 0 Å². The number of piperidine rings is 1. The molecule has 6 heteroatoms. The number of carbonyl (C=O) groups excluding carboxylic acids is 1. The SMILES string of the molecule is O=C(NC1CCN(c2nccs2)CC1)c1ccncc1. The van der Waals surface area contributed by atoms with Crippen LogP contribution in [0.3, 0.4) is 0 Å². The second kappa shape index (κ2) is 6.00. The number of rotatable bonds is 3. The van der Waals surface area contributed by atoms with Crippen molar-refractivity contribution in [2.24, 2.45) is 0 Å². The van der Waals surface area contributed by atoms with Crippen molar-refractivity contribution in [1.29, 1.82) is 0 Å². The third kappa shape index (κ3) is 2.96. The first kappa shape index (κ1) is 13.1. The molecule has 2 aromatic heterocycles. The predicted octanol–water partition coefficient (Wildman–Crippen LogP) is 1.94. The Morgan fingerprint density at radius 1 is 1.25 bits per heavy atom. The van der Waals surface area contributed by atoms with E-state index in [2.05, 4.69) is 20.2 Å². The smallest absolute Gasteiger partial charge is 0.251 e. The summed E-state index contributed by atoms with van der Waals surface area (Å²) in [5, 5.41) is 6.16. The topological polar surface area (TPSA) is 58.1 Å². The number of pyridine rings is 1. The molecular formula is C14H16N4OS. The highest BCUT2D eigenvalue weighted by atomic mass is 32.1. The minimum atomic E-state index is -0.0138. The van der Waals surface area contributed by atoms with Crippen molar-refractivity contribution >= 4 is 22.4 Å². The van der Waals surface area contributed by atoms with E-state index in [9.17, 15) is 4.79 Å². The first-order chi connectivity index (χ1) is 9.83. The molecule has 104 valence electrons. The first-order valence-electron chi connectivity index (χ1n) is 6.68. The second-order valence-electron chi connectivity index (χ2n) is 4.79. The maximum atomic E-state index is 12.1. The van der Waals surface area contributed by atoms with Gasteiger partial charge < -0.3 is 10.2 Å². The van der Waals surface area contributed by atoms with Gasteiger partial charge in [0.2, 0.25) is 0 Å². The number of thiazole rings is 1. The summed E-state index contributed by atoms with van der Waals surface area (Å²) in [4.78, 5) is 22.6. The van der Waals surface area contributed by atoms with Gasteiger partial charge in [-0.1, -0.05) is 0 Å². The van der Waals surface area contributed by atoms with Gasteiger partial charge in [-0.2, -0.15) is 0 Å². The van der Waals surface area contributed by atoms with Crippen LogP contribution in [0.1, 0.15) is 23.2 Å². The highest BCUT2D eigenvalue weighted by Crippen LogP contribution is 2.22. The summed E-state index contributed by atoms with van der Waals surface area (Å²) in [6.45, 7) is 1.88. The maximum Gasteiger partial charge on any atom is 0.251 e. The molecule has 0 bridgehead atoms. The van der Waals surface area contributed by atoms with Crippen molar-refractivity contribution in [3.63, 3.8) is 0 Å². The van der Waals surface area contributed by atoms with E-state index < -0.39 is 0 Å². The van der Waals surface area contributed by atoms with Gasteiger partial charge in [0, 0.05) is 48.7 Å². The molecule has 1 amide bonds. The highest BCUT2D eigenvalue weighted by molar-refractivity contribution is 7.13. The number of hydrogen-bond acceptors (Lipinski definition) is 5. The Bertz CT molecular complexity index is 550. The van der Waals surface area contributed by atoms with Gasteiger partial charge in [-0.15, -0.1) is 11.3 Å². The van der Waals surface area contributed by atoms with Crippen LogP contribution >= 0.6 is 11.3 Å². The minimum absolute atomic E-state index is 0.0138. The van der Waals surface area contributed by atoms with Crippen LogP contribution in [0.25, 0.3) is 0 Å². The zero-order valence-corrected chi connectivity index (χ0v) is 11.8. The van der Waals surface area contributed by atoms with Crippen LogP contribution in [0.4, 0.5) is 5.13 Å². The van der Waals surface area contributed by atoms with E-state index in [1.54, 1.807) is 35.9 Å². The molecule has 0 radical (unpaired) electrons. The van der Waals surface area contributed by atoms with Gasteiger partial charge in [0.1, 0.15) is 0 Å². The summed E-state index contributed by atoms with van der Waals surface area (Å²) < 4.78 is 0. The van der Waals surface area contributed by atoms with Gasteiger partial charge in [0.25, 0.3) is 5.91 Å². The Morgan fingerprint density at radius 3 is 2.65 bits per heavy atom. The largest absolute Gasteiger partial charge is 0.349 e. The minimum Gasteiger partial charge on any atom is -0.349 e. The normalized spacial score (nSPS) is 16.1. The molecule has 1 N–H and O–H groups in total. The molecule has 0 aliphatic carbocycles. The zero-order valence-electron chi connectivity index (χ0n) is 11.0. The molecule has 5 nitrogen and oxygen atoms in total. The lowest BCUT2D eigenvalue weighted by Crippen LogP contribution is -2.44. The second-order valence-corrected chi connectivity index (χ2v) is 5.66. The van der Waals surface area contributed by atoms with Gasteiger partial charge in [-0.3, -0.25) is 9.78 Å². The van der Waals surface area contributed by atoms with Crippen LogP contribution in [0.15, 0.2) is 36.1 Å². The molecule has 0 unspecified atom stereocenters. The number of hydrogen-bond donors (Lipinski definition) is 1. The van der Waals surface area contributed by atoms with Crippen LogP contribution in [-0.4, -0.2) is 35.0 Å². The molecule has 0 saturated carbocycles. The Kier molecular flexibility index (Phi) is 3.92. The van der Waals surface area contributed by atoms with E-state index in [0.29, 0.717) is 5.56 Å². The number of amides is 1. The summed E-state index contributed by atoms with van der Waals surface area (Å²) in [7, 11) is 0. The van der Waals surface area contributed by atoms with E-state index in [1.807, 2.05) is 11.6 Å². The number of nitrogens with one attached hydrogen (secondary N) is 1. The summed E-state index contributed by atoms with van der Waals surface area (Å²) >= 11 is 1.66. The third-order valence-corrected chi connectivity index (χ3v) is 4.29. The number of anilines is 1. The average Bonchev–Trinajstić information content (AvgIpc) is 3.03. The highest BCUT2D eigenvalue weighted by Gasteiger charge is 2.22. The number of nitrogens with zero attached hydrogens (tertiary/aromatic N) is 3. The maximum absolute atomic E-state index is 12.1. The van der Waals surface area contributed by atoms with Crippen molar-refractivity contribution in [2.75, 3.05) is 18.0 Å². The van der Waals surface area contributed by atoms with E-state index in [1.165, 1.54) is 0 Å². The van der Waals surface area contributed by atoms with Crippen molar-refractivity contribution in [3.8, 4) is 0 Å². The Balaban J connectivity index is 1.53. The van der Waals surface area contributed by atoms with Crippen LogP contribution in [0, 0.1) is 0 Å². The van der Waals surface area contributed by atoms with Gasteiger partial charge in [-0.25, -0.2) is 4.98 Å². The molecule has 20 heavy (non-hydrogen) atoms. The van der Waals surface area contributed by atoms with E-state index in [4.69, 9.17) is 0 Å². The van der Waals surface area contributed by atoms with Crippen molar-refractivity contribution in [2.45, 2.75) is 18.9 Å². The van der Waals surface area contributed by atoms with Gasteiger partial charge in [-0.05, 0) is 25.0 Å². The Morgan fingerprint density at radius 2 is 2.00 bits per heavy atom. The molecule has 3 rings (SSSR count). The summed E-state index contributed by atoms with van der Waals surface area (Å²) in [5.41, 5.74) is 0.669. The molecule has 1 aliphatic rings. The molecule has 0 spiro atoms. The van der Waals surface area contributed by atoms with Crippen molar-refractivity contribution in [1.82, 2.24) is 15.3 Å². The monoisotopic (exact) mass is 288 g/mol. The lowest BCUT2D eigenvalue weighted by atomic mass is 10.0. The standard InChI is InChI=1S/C14H16N4OS/c19-13(11-1-5-15-6-2-11)17-12-3-8-18(9-4-12)14-16-7-10-20-14/h1-2,5-7,10,12H,3-4,8-9H2,(H,17,19). The molecule has 0 atom stereocenters. The van der Waals surface area contributed by atoms with Crippen molar-refractivity contribution < 1.29 is 4.79 Å². The van der Waals surface area contributed by atoms with Crippen molar-refractivity contribution in [3.05, 3.63) is 41.7 Å². The summed E-state index contributed by atoms with van der Waals surface area (Å²) in [5.74, 6) is -0.0138. The van der Waals surface area contributed by atoms with E-state index >= 15 is 0 Å². The Hall–Kier alpha value is -1.95. The lowest BCUT2D eigenvalue weighted by Gasteiger charge is -2.32. The molecule has 1 saturated heterocycles. The van der Waals surface area contributed by atoms with E-state index in [-0.39, 0.29) is 11.9 Å². The summed E-state index contributed by atoms with van der Waals surface area (Å²) in [6.07, 6.45) is 7.02. The molecule has 3 heterocycles. The van der Waals surface area contributed by atoms with Crippen LogP contribution in [0.2, 0.25) is 0 Å². The number of aromatic nitrogens is 2. The average molecular weight is 288 g/mol. The van der Waals surface area contributed by atoms with Gasteiger partial charge in [0.15, 0.2) is 5.13 Å². The molecule has 1 fully saturated rings. The quantitative estimate of drug-likeness (QED) is 0.937. The first-order valence-corrected chi connectivity index (χ1v) is 7.56. The molecule has 1 aliphatic heterocycles. The third-order valence-electron chi connectivity index (χ3n) is 3.46. The van der Waals surface area contributed by atoms with E-state index in [0.717, 1.165) is 31.1 Å². The Labute approximate surface area is 121 Å². The van der Waals surface area contributed by atoms with Crippen LogP contribution in [-0.2, 0) is 0 Å². The fraction of sp³-hybridized carbons (Fsp3) is 0.357. The molecule has 2 aromatic rings. The lowest BCUT2D eigenvalue weighted by molar-refractivity contribution is 0.0931. The summed E-state index contributed by atoms with van der Waals surface area (Å²) in [6, 6.07) is 3.71. The molecular weight excluding hydrogens is 272 g/mol. The fourth-order valence-electron chi connectivity index (χ4n) is 2.36. The van der Waals surface area contributed by atoms with Crippen LogP contribution < -0.4 is 10.2 Å². The number of carbonyl (C=O) groups is 1. The predicted molar refractivity (Wildman–Crippen MR) is 79.1 cm³/mol. The molecule has 0 aromatic carbocycles. The van der Waals surface area contributed by atoms with Crippen LogP contribution in [0.5, 0.6) is 0 Å². The zero-order chi connectivity index (χ0) is 13.8. The van der Waals surface area contributed by atoms with Gasteiger partial charge in [0.05, 0.1) is 0 Å².